The van der Waals surface area contributed by atoms with E-state index < -0.39 is 0 Å². The quantitative estimate of drug-likeness (QED) is 0.865. The molecule has 2 rings (SSSR count). The van der Waals surface area contributed by atoms with Crippen molar-refractivity contribution in [1.29, 1.82) is 0 Å². The number of aromatic nitrogens is 2. The minimum Gasteiger partial charge on any atom is -0.478 e. The third-order valence-corrected chi connectivity index (χ3v) is 3.03. The first-order valence-electron chi connectivity index (χ1n) is 6.65. The summed E-state index contributed by atoms with van der Waals surface area (Å²) >= 11 is 0. The normalized spacial score (nSPS) is 23.7. The summed E-state index contributed by atoms with van der Waals surface area (Å²) in [4.78, 5) is 8.16. The second kappa shape index (κ2) is 6.54. The van der Waals surface area contributed by atoms with E-state index in [0.717, 1.165) is 32.1 Å². The predicted octanol–water partition coefficient (Wildman–Crippen LogP) is 1.91. The Hall–Kier alpha value is -1.36. The molecule has 0 aliphatic heterocycles. The summed E-state index contributed by atoms with van der Waals surface area (Å²) in [7, 11) is 0. The van der Waals surface area contributed by atoms with Crippen molar-refractivity contribution in [3.05, 3.63) is 12.4 Å². The monoisotopic (exact) mass is 251 g/mol. The minimum atomic E-state index is 0.169. The molecule has 1 aromatic heterocycles. The molecule has 1 heterocycles. The van der Waals surface area contributed by atoms with Gasteiger partial charge < -0.3 is 15.2 Å². The molecule has 1 aliphatic carbocycles. The van der Waals surface area contributed by atoms with Crippen LogP contribution >= 0.6 is 0 Å². The van der Waals surface area contributed by atoms with Crippen molar-refractivity contribution in [3.63, 3.8) is 0 Å². The Morgan fingerprint density at radius 1 is 1.33 bits per heavy atom. The lowest BCUT2D eigenvalue weighted by atomic mass is 9.94. The van der Waals surface area contributed by atoms with Crippen LogP contribution in [0.25, 0.3) is 0 Å². The number of nitrogens with two attached hydrogens (primary N) is 1. The second-order valence-corrected chi connectivity index (χ2v) is 4.71. The fourth-order valence-electron chi connectivity index (χ4n) is 2.13. The topological polar surface area (TPSA) is 70.3 Å². The zero-order valence-electron chi connectivity index (χ0n) is 10.8. The molecule has 2 atom stereocenters. The van der Waals surface area contributed by atoms with E-state index in [1.165, 1.54) is 6.33 Å². The first-order valence-corrected chi connectivity index (χ1v) is 6.65. The Bertz CT molecular complexity index is 373. The van der Waals surface area contributed by atoms with Crippen LogP contribution in [0.5, 0.6) is 11.8 Å². The second-order valence-electron chi connectivity index (χ2n) is 4.71. The highest BCUT2D eigenvalue weighted by molar-refractivity contribution is 5.18. The van der Waals surface area contributed by atoms with E-state index in [2.05, 4.69) is 16.9 Å². The lowest BCUT2D eigenvalue weighted by molar-refractivity contribution is 0.137. The molecular formula is C13H21N3O2. The van der Waals surface area contributed by atoms with Crippen LogP contribution in [0, 0.1) is 0 Å². The molecule has 2 unspecified atom stereocenters. The average Bonchev–Trinajstić information content (AvgIpc) is 2.37. The van der Waals surface area contributed by atoms with E-state index in [1.807, 2.05) is 0 Å². The molecule has 0 amide bonds. The van der Waals surface area contributed by atoms with Gasteiger partial charge in [0.1, 0.15) is 12.4 Å². The van der Waals surface area contributed by atoms with Crippen LogP contribution in [0.1, 0.15) is 39.0 Å². The first-order chi connectivity index (χ1) is 8.78. The number of rotatable bonds is 5. The third-order valence-electron chi connectivity index (χ3n) is 3.03. The van der Waals surface area contributed by atoms with Crippen LogP contribution in [0.2, 0.25) is 0 Å². The van der Waals surface area contributed by atoms with Gasteiger partial charge >= 0.3 is 0 Å². The number of nitrogens with zero attached hydrogens (tertiary/aromatic N) is 2. The van der Waals surface area contributed by atoms with E-state index in [1.54, 1.807) is 6.07 Å². The number of hydrogen-bond acceptors (Lipinski definition) is 5. The van der Waals surface area contributed by atoms with Gasteiger partial charge in [0.25, 0.3) is 0 Å². The predicted molar refractivity (Wildman–Crippen MR) is 68.7 cm³/mol. The molecule has 1 aliphatic rings. The summed E-state index contributed by atoms with van der Waals surface area (Å²) in [6, 6.07) is 2.00. The standard InChI is InChI=1S/C13H21N3O2/c1-2-6-17-12-8-13(16-9-15-12)18-11-5-3-4-10(14)7-11/h8-11H,2-7,14H2,1H3. The summed E-state index contributed by atoms with van der Waals surface area (Å²) in [5.41, 5.74) is 5.94. The lowest BCUT2D eigenvalue weighted by Crippen LogP contribution is -2.33. The van der Waals surface area contributed by atoms with E-state index in [-0.39, 0.29) is 12.1 Å². The van der Waals surface area contributed by atoms with Crippen molar-refractivity contribution >= 4 is 0 Å². The van der Waals surface area contributed by atoms with Crippen molar-refractivity contribution in [2.75, 3.05) is 6.61 Å². The number of hydrogen-bond donors (Lipinski definition) is 1. The zero-order valence-corrected chi connectivity index (χ0v) is 10.8. The van der Waals surface area contributed by atoms with E-state index >= 15 is 0 Å². The van der Waals surface area contributed by atoms with Crippen molar-refractivity contribution in [3.8, 4) is 11.8 Å². The highest BCUT2D eigenvalue weighted by Gasteiger charge is 2.21. The van der Waals surface area contributed by atoms with Gasteiger partial charge in [0.2, 0.25) is 11.8 Å². The van der Waals surface area contributed by atoms with Crippen molar-refractivity contribution < 1.29 is 9.47 Å². The van der Waals surface area contributed by atoms with Crippen LogP contribution < -0.4 is 15.2 Å². The van der Waals surface area contributed by atoms with Crippen molar-refractivity contribution in [2.24, 2.45) is 5.73 Å². The maximum atomic E-state index is 5.94. The molecule has 100 valence electrons. The Kier molecular flexibility index (Phi) is 4.75. The van der Waals surface area contributed by atoms with Crippen LogP contribution in [0.4, 0.5) is 0 Å². The van der Waals surface area contributed by atoms with Crippen LogP contribution in [-0.2, 0) is 0 Å². The van der Waals surface area contributed by atoms with Gasteiger partial charge in [0, 0.05) is 6.04 Å². The van der Waals surface area contributed by atoms with Gasteiger partial charge in [-0.2, -0.15) is 0 Å². The third kappa shape index (κ3) is 3.84. The van der Waals surface area contributed by atoms with Gasteiger partial charge in [0.15, 0.2) is 0 Å². The van der Waals surface area contributed by atoms with Gasteiger partial charge in [-0.1, -0.05) is 6.92 Å². The Balaban J connectivity index is 1.91. The lowest BCUT2D eigenvalue weighted by Gasteiger charge is -2.26. The molecule has 1 saturated carbocycles. The molecule has 0 radical (unpaired) electrons. The molecule has 1 fully saturated rings. The molecule has 0 aromatic carbocycles. The van der Waals surface area contributed by atoms with Gasteiger partial charge in [-0.25, -0.2) is 9.97 Å². The molecule has 1 aromatic rings. The SMILES string of the molecule is CCCOc1cc(OC2CCCC(N)C2)ncn1. The number of ether oxygens (including phenoxy) is 2. The Morgan fingerprint density at radius 2 is 2.17 bits per heavy atom. The summed E-state index contributed by atoms with van der Waals surface area (Å²) in [5.74, 6) is 1.15. The maximum Gasteiger partial charge on any atom is 0.220 e. The van der Waals surface area contributed by atoms with Crippen LogP contribution in [-0.4, -0.2) is 28.7 Å². The average molecular weight is 251 g/mol. The smallest absolute Gasteiger partial charge is 0.220 e. The summed E-state index contributed by atoms with van der Waals surface area (Å²) < 4.78 is 11.3. The van der Waals surface area contributed by atoms with E-state index in [4.69, 9.17) is 15.2 Å². The summed E-state index contributed by atoms with van der Waals surface area (Å²) in [6.07, 6.45) is 6.76. The molecule has 0 bridgehead atoms. The summed E-state index contributed by atoms with van der Waals surface area (Å²) in [5, 5.41) is 0. The van der Waals surface area contributed by atoms with Crippen molar-refractivity contribution in [2.45, 2.75) is 51.2 Å². The van der Waals surface area contributed by atoms with Crippen LogP contribution in [0.15, 0.2) is 12.4 Å². The van der Waals surface area contributed by atoms with Gasteiger partial charge in [-0.05, 0) is 32.1 Å². The van der Waals surface area contributed by atoms with Gasteiger partial charge in [0.05, 0.1) is 12.7 Å². The maximum absolute atomic E-state index is 5.94. The minimum absolute atomic E-state index is 0.169. The fourth-order valence-corrected chi connectivity index (χ4v) is 2.13. The van der Waals surface area contributed by atoms with Gasteiger partial charge in [-0.15, -0.1) is 0 Å². The molecule has 0 spiro atoms. The molecule has 5 heteroatoms. The Labute approximate surface area is 108 Å². The van der Waals surface area contributed by atoms with Crippen molar-refractivity contribution in [1.82, 2.24) is 9.97 Å². The van der Waals surface area contributed by atoms with E-state index in [0.29, 0.717) is 18.4 Å². The first kappa shape index (κ1) is 13.1. The molecule has 18 heavy (non-hydrogen) atoms. The molecule has 5 nitrogen and oxygen atoms in total. The Morgan fingerprint density at radius 3 is 2.94 bits per heavy atom. The highest BCUT2D eigenvalue weighted by atomic mass is 16.5. The van der Waals surface area contributed by atoms with E-state index in [9.17, 15) is 0 Å². The molecule has 0 saturated heterocycles. The zero-order chi connectivity index (χ0) is 12.8. The summed E-state index contributed by atoms with van der Waals surface area (Å²) in [6.45, 7) is 2.72. The van der Waals surface area contributed by atoms with Gasteiger partial charge in [-0.3, -0.25) is 0 Å². The molecule has 2 N–H and O–H groups in total. The van der Waals surface area contributed by atoms with Crippen LogP contribution in [0.3, 0.4) is 0 Å². The fraction of sp³-hybridized carbons (Fsp3) is 0.692. The highest BCUT2D eigenvalue weighted by Crippen LogP contribution is 2.23. The largest absolute Gasteiger partial charge is 0.478 e. The molecular weight excluding hydrogens is 230 g/mol.